The molecule has 0 saturated heterocycles. The molecule has 0 radical (unpaired) electrons. The molecular weight excluding hydrogens is 372 g/mol. The first-order chi connectivity index (χ1) is 12.2. The fourth-order valence-corrected chi connectivity index (χ4v) is 3.09. The first kappa shape index (κ1) is 17.6. The largest absolute Gasteiger partial charge is 0.294 e. The summed E-state index contributed by atoms with van der Waals surface area (Å²) in [5.74, 6) is 0.235. The number of hydrogen-bond donors (Lipinski definition) is 0. The second-order valence-corrected chi connectivity index (χ2v) is 7.10. The van der Waals surface area contributed by atoms with Crippen molar-refractivity contribution in [3.8, 4) is 22.3 Å². The van der Waals surface area contributed by atoms with Gasteiger partial charge in [0.1, 0.15) is 0 Å². The van der Waals surface area contributed by atoms with Gasteiger partial charge >= 0.3 is 0 Å². The van der Waals surface area contributed by atoms with Crippen molar-refractivity contribution >= 4 is 21.7 Å². The second kappa shape index (κ2) is 8.26. The Labute approximate surface area is 157 Å². The first-order valence-corrected chi connectivity index (χ1v) is 9.46. The van der Waals surface area contributed by atoms with E-state index in [4.69, 9.17) is 0 Å². The minimum Gasteiger partial charge on any atom is -0.294 e. The Morgan fingerprint density at radius 2 is 1.12 bits per heavy atom. The van der Waals surface area contributed by atoms with E-state index in [0.29, 0.717) is 6.42 Å². The summed E-state index contributed by atoms with van der Waals surface area (Å²) in [7, 11) is 0. The van der Waals surface area contributed by atoms with Crippen molar-refractivity contribution in [1.29, 1.82) is 0 Å². The zero-order valence-corrected chi connectivity index (χ0v) is 15.9. The van der Waals surface area contributed by atoms with Gasteiger partial charge < -0.3 is 0 Å². The van der Waals surface area contributed by atoms with Crippen molar-refractivity contribution in [2.75, 3.05) is 0 Å². The van der Waals surface area contributed by atoms with Crippen LogP contribution in [0.15, 0.2) is 77.3 Å². The van der Waals surface area contributed by atoms with Crippen molar-refractivity contribution in [1.82, 2.24) is 0 Å². The number of Topliss-reactive ketones (excluding diaryl/α,β-unsaturated/α-hetero) is 1. The summed E-state index contributed by atoms with van der Waals surface area (Å²) in [4.78, 5) is 12.1. The highest BCUT2D eigenvalue weighted by molar-refractivity contribution is 9.10. The molecule has 3 aromatic rings. The molecule has 2 heteroatoms. The number of carbonyl (C=O) groups is 1. The summed E-state index contributed by atoms with van der Waals surface area (Å²) in [5, 5.41) is 0. The maximum atomic E-state index is 12.1. The van der Waals surface area contributed by atoms with Gasteiger partial charge in [-0.3, -0.25) is 4.79 Å². The van der Waals surface area contributed by atoms with Crippen LogP contribution in [-0.2, 0) is 0 Å². The molecule has 25 heavy (non-hydrogen) atoms. The van der Waals surface area contributed by atoms with Gasteiger partial charge in [0.2, 0.25) is 0 Å². The van der Waals surface area contributed by atoms with E-state index < -0.39 is 0 Å². The quantitative estimate of drug-likeness (QED) is 0.406. The molecule has 0 heterocycles. The lowest BCUT2D eigenvalue weighted by Crippen LogP contribution is -1.98. The Morgan fingerprint density at radius 3 is 1.56 bits per heavy atom. The first-order valence-electron chi connectivity index (χ1n) is 8.67. The molecule has 0 spiro atoms. The minimum absolute atomic E-state index is 0.235. The van der Waals surface area contributed by atoms with Gasteiger partial charge in [0.05, 0.1) is 0 Å². The Kier molecular flexibility index (Phi) is 5.83. The van der Waals surface area contributed by atoms with Crippen LogP contribution in [-0.4, -0.2) is 5.78 Å². The number of carbonyl (C=O) groups excluding carboxylic acids is 1. The summed E-state index contributed by atoms with van der Waals surface area (Å²) < 4.78 is 1.08. The molecule has 0 bridgehead atoms. The van der Waals surface area contributed by atoms with Crippen LogP contribution in [0.3, 0.4) is 0 Å². The van der Waals surface area contributed by atoms with E-state index in [9.17, 15) is 4.79 Å². The highest BCUT2D eigenvalue weighted by Gasteiger charge is 2.06. The van der Waals surface area contributed by atoms with Gasteiger partial charge in [-0.1, -0.05) is 89.9 Å². The molecule has 0 unspecified atom stereocenters. The van der Waals surface area contributed by atoms with Crippen LogP contribution in [0.4, 0.5) is 0 Å². The normalized spacial score (nSPS) is 10.6. The van der Waals surface area contributed by atoms with Crippen molar-refractivity contribution < 1.29 is 4.79 Å². The van der Waals surface area contributed by atoms with Crippen molar-refractivity contribution in [3.63, 3.8) is 0 Å². The molecule has 0 aliphatic heterocycles. The average molecular weight is 393 g/mol. The standard InChI is InChI=1S/C23H21BrO/c1-2-3-4-23(25)21-11-9-19(10-12-21)17-5-7-18(8-6-17)20-13-15-22(24)16-14-20/h5-16H,2-4H2,1H3. The number of unbranched alkanes of at least 4 members (excludes halogenated alkanes) is 1. The lowest BCUT2D eigenvalue weighted by molar-refractivity contribution is 0.0980. The smallest absolute Gasteiger partial charge is 0.162 e. The summed E-state index contributed by atoms with van der Waals surface area (Å²) in [6.45, 7) is 2.11. The number of rotatable bonds is 6. The van der Waals surface area contributed by atoms with Crippen molar-refractivity contribution in [2.45, 2.75) is 26.2 Å². The Hall–Kier alpha value is -2.19. The van der Waals surface area contributed by atoms with E-state index in [1.807, 2.05) is 24.3 Å². The second-order valence-electron chi connectivity index (χ2n) is 6.19. The van der Waals surface area contributed by atoms with Gasteiger partial charge in [0.25, 0.3) is 0 Å². The SMILES string of the molecule is CCCCC(=O)c1ccc(-c2ccc(-c3ccc(Br)cc3)cc2)cc1. The van der Waals surface area contributed by atoms with Crippen LogP contribution in [0.5, 0.6) is 0 Å². The van der Waals surface area contributed by atoms with Gasteiger partial charge in [-0.25, -0.2) is 0 Å². The zero-order chi connectivity index (χ0) is 17.6. The number of halogens is 1. The summed E-state index contributed by atoms with van der Waals surface area (Å²) in [5.41, 5.74) is 5.50. The highest BCUT2D eigenvalue weighted by Crippen LogP contribution is 2.26. The summed E-state index contributed by atoms with van der Waals surface area (Å²) in [6, 6.07) is 24.8. The molecule has 1 nitrogen and oxygen atoms in total. The molecule has 3 rings (SSSR count). The van der Waals surface area contributed by atoms with E-state index in [-0.39, 0.29) is 5.78 Å². The molecule has 0 saturated carbocycles. The molecule has 126 valence electrons. The molecule has 0 aliphatic carbocycles. The van der Waals surface area contributed by atoms with E-state index in [2.05, 4.69) is 71.4 Å². The molecule has 0 fully saturated rings. The third-order valence-electron chi connectivity index (χ3n) is 4.36. The van der Waals surface area contributed by atoms with Crippen LogP contribution < -0.4 is 0 Å². The average Bonchev–Trinajstić information content (AvgIpc) is 2.67. The van der Waals surface area contributed by atoms with Crippen molar-refractivity contribution in [3.05, 3.63) is 82.8 Å². The Morgan fingerprint density at radius 1 is 0.720 bits per heavy atom. The molecule has 0 aromatic heterocycles. The van der Waals surface area contributed by atoms with Gasteiger partial charge in [-0.05, 0) is 40.8 Å². The fourth-order valence-electron chi connectivity index (χ4n) is 2.83. The van der Waals surface area contributed by atoms with E-state index in [0.717, 1.165) is 34.0 Å². The van der Waals surface area contributed by atoms with Gasteiger partial charge in [-0.15, -0.1) is 0 Å². The number of ketones is 1. The van der Waals surface area contributed by atoms with E-state index in [1.54, 1.807) is 0 Å². The topological polar surface area (TPSA) is 17.1 Å². The van der Waals surface area contributed by atoms with Gasteiger partial charge in [0, 0.05) is 16.5 Å². The summed E-state index contributed by atoms with van der Waals surface area (Å²) in [6.07, 6.45) is 2.64. The predicted molar refractivity (Wildman–Crippen MR) is 109 cm³/mol. The molecule has 0 aliphatic rings. The molecule has 0 N–H and O–H groups in total. The molecule has 3 aromatic carbocycles. The monoisotopic (exact) mass is 392 g/mol. The van der Waals surface area contributed by atoms with Crippen LogP contribution in [0.25, 0.3) is 22.3 Å². The van der Waals surface area contributed by atoms with Gasteiger partial charge in [0.15, 0.2) is 5.78 Å². The third kappa shape index (κ3) is 4.46. The van der Waals surface area contributed by atoms with Crippen LogP contribution >= 0.6 is 15.9 Å². The molecular formula is C23H21BrO. The maximum absolute atomic E-state index is 12.1. The van der Waals surface area contributed by atoms with E-state index in [1.165, 1.54) is 11.1 Å². The van der Waals surface area contributed by atoms with Crippen molar-refractivity contribution in [2.24, 2.45) is 0 Å². The molecule has 0 amide bonds. The number of hydrogen-bond acceptors (Lipinski definition) is 1. The number of benzene rings is 3. The lowest BCUT2D eigenvalue weighted by Gasteiger charge is -2.06. The van der Waals surface area contributed by atoms with E-state index >= 15 is 0 Å². The molecule has 0 atom stereocenters. The van der Waals surface area contributed by atoms with Crippen LogP contribution in [0, 0.1) is 0 Å². The van der Waals surface area contributed by atoms with Crippen LogP contribution in [0.1, 0.15) is 36.5 Å². The summed E-state index contributed by atoms with van der Waals surface area (Å²) >= 11 is 3.47. The lowest BCUT2D eigenvalue weighted by atomic mass is 9.98. The zero-order valence-electron chi connectivity index (χ0n) is 14.3. The Balaban J connectivity index is 1.76. The van der Waals surface area contributed by atoms with Gasteiger partial charge in [-0.2, -0.15) is 0 Å². The highest BCUT2D eigenvalue weighted by atomic mass is 79.9. The minimum atomic E-state index is 0.235. The third-order valence-corrected chi connectivity index (χ3v) is 4.89. The van der Waals surface area contributed by atoms with Crippen LogP contribution in [0.2, 0.25) is 0 Å². The maximum Gasteiger partial charge on any atom is 0.162 e. The fraction of sp³-hybridized carbons (Fsp3) is 0.174. The predicted octanol–water partition coefficient (Wildman–Crippen LogP) is 7.16. The Bertz CT molecular complexity index is 831.